The van der Waals surface area contributed by atoms with Crippen LogP contribution in [0.4, 0.5) is 0 Å². The second kappa shape index (κ2) is 7.56. The number of furan rings is 1. The van der Waals surface area contributed by atoms with Crippen LogP contribution in [0.15, 0.2) is 68.5 Å². The van der Waals surface area contributed by atoms with E-state index < -0.39 is 11.6 Å². The van der Waals surface area contributed by atoms with Crippen LogP contribution < -0.4 is 5.63 Å². The minimum Gasteiger partial charge on any atom is -0.455 e. The Morgan fingerprint density at radius 1 is 1.18 bits per heavy atom. The number of ether oxygens (including phenoxy) is 1. The van der Waals surface area contributed by atoms with Gasteiger partial charge in [0, 0.05) is 29.4 Å². The fraction of sp³-hybridized carbons (Fsp3) is 0.190. The molecule has 0 bridgehead atoms. The Bertz CT molecular complexity index is 1170. The molecule has 3 aromatic heterocycles. The summed E-state index contributed by atoms with van der Waals surface area (Å²) in [5.41, 5.74) is 1.65. The van der Waals surface area contributed by atoms with Crippen molar-refractivity contribution in [3.8, 4) is 0 Å². The molecular weight excluding hydrogens is 360 g/mol. The molecule has 142 valence electrons. The van der Waals surface area contributed by atoms with Crippen LogP contribution in [0.5, 0.6) is 0 Å². The molecule has 0 saturated carbocycles. The molecule has 0 atom stereocenters. The summed E-state index contributed by atoms with van der Waals surface area (Å²) in [4.78, 5) is 24.2. The van der Waals surface area contributed by atoms with Crippen molar-refractivity contribution in [1.29, 1.82) is 0 Å². The molecule has 0 radical (unpaired) electrons. The Morgan fingerprint density at radius 2 is 2.07 bits per heavy atom. The van der Waals surface area contributed by atoms with E-state index in [1.165, 1.54) is 6.07 Å². The Labute approximate surface area is 160 Å². The quantitative estimate of drug-likeness (QED) is 0.377. The van der Waals surface area contributed by atoms with Gasteiger partial charge in [-0.3, -0.25) is 4.68 Å². The summed E-state index contributed by atoms with van der Waals surface area (Å²) in [6, 6.07) is 12.1. The van der Waals surface area contributed by atoms with Crippen LogP contribution in [-0.4, -0.2) is 15.7 Å². The van der Waals surface area contributed by atoms with Crippen LogP contribution >= 0.6 is 0 Å². The molecule has 4 rings (SSSR count). The van der Waals surface area contributed by atoms with Crippen LogP contribution in [0.2, 0.25) is 0 Å². The molecule has 0 fully saturated rings. The number of benzene rings is 1. The van der Waals surface area contributed by atoms with Crippen molar-refractivity contribution >= 4 is 16.9 Å². The van der Waals surface area contributed by atoms with E-state index in [1.807, 2.05) is 31.2 Å². The summed E-state index contributed by atoms with van der Waals surface area (Å²) in [6.45, 7) is 2.39. The van der Waals surface area contributed by atoms with Crippen molar-refractivity contribution in [1.82, 2.24) is 9.78 Å². The highest BCUT2D eigenvalue weighted by Gasteiger charge is 2.15. The topological polar surface area (TPSA) is 87.5 Å². The number of fused-ring (bicyclic) bond motifs is 1. The summed E-state index contributed by atoms with van der Waals surface area (Å²) in [6.07, 6.45) is 4.30. The first-order valence-corrected chi connectivity index (χ1v) is 8.91. The zero-order valence-corrected chi connectivity index (χ0v) is 15.3. The molecule has 3 heterocycles. The Balaban J connectivity index is 1.49. The summed E-state index contributed by atoms with van der Waals surface area (Å²) in [7, 11) is 0. The molecule has 1 aromatic carbocycles. The van der Waals surface area contributed by atoms with Gasteiger partial charge in [-0.1, -0.05) is 19.1 Å². The lowest BCUT2D eigenvalue weighted by atomic mass is 10.1. The molecule has 0 amide bonds. The number of rotatable bonds is 6. The highest BCUT2D eigenvalue weighted by molar-refractivity contribution is 5.87. The van der Waals surface area contributed by atoms with Crippen LogP contribution in [-0.2, 0) is 24.3 Å². The van der Waals surface area contributed by atoms with Gasteiger partial charge in [0.15, 0.2) is 0 Å². The molecule has 0 unspecified atom stereocenters. The number of hydrogen-bond donors (Lipinski definition) is 0. The minimum atomic E-state index is -0.599. The fourth-order valence-electron chi connectivity index (χ4n) is 2.95. The molecule has 7 nitrogen and oxygen atoms in total. The highest BCUT2D eigenvalue weighted by atomic mass is 16.5. The van der Waals surface area contributed by atoms with E-state index >= 15 is 0 Å². The summed E-state index contributed by atoms with van der Waals surface area (Å²) >= 11 is 0. The summed E-state index contributed by atoms with van der Waals surface area (Å²) in [5, 5.41) is 4.83. The highest BCUT2D eigenvalue weighted by Crippen LogP contribution is 2.20. The molecular formula is C21H18N2O5. The van der Waals surface area contributed by atoms with Gasteiger partial charge < -0.3 is 13.6 Å². The smallest absolute Gasteiger partial charge is 0.374 e. The molecule has 0 aliphatic carbocycles. The SMILES string of the molecule is CCc1ccc2c(COC(=O)c3ccc(Cn4cccn4)o3)cc(=O)oc2c1. The number of aromatic nitrogens is 2. The molecule has 0 saturated heterocycles. The first-order chi connectivity index (χ1) is 13.6. The number of nitrogens with zero attached hydrogens (tertiary/aromatic N) is 2. The number of carbonyl (C=O) groups excluding carboxylic acids is 1. The first-order valence-electron chi connectivity index (χ1n) is 8.91. The third kappa shape index (κ3) is 3.73. The van der Waals surface area contributed by atoms with Gasteiger partial charge >= 0.3 is 11.6 Å². The van der Waals surface area contributed by atoms with Crippen molar-refractivity contribution in [2.45, 2.75) is 26.5 Å². The van der Waals surface area contributed by atoms with Crippen molar-refractivity contribution in [2.24, 2.45) is 0 Å². The van der Waals surface area contributed by atoms with Gasteiger partial charge in [-0.25, -0.2) is 9.59 Å². The van der Waals surface area contributed by atoms with E-state index in [0.717, 1.165) is 17.4 Å². The normalized spacial score (nSPS) is 11.0. The van der Waals surface area contributed by atoms with E-state index in [1.54, 1.807) is 29.2 Å². The number of aryl methyl sites for hydroxylation is 1. The van der Waals surface area contributed by atoms with Crippen molar-refractivity contribution < 1.29 is 18.4 Å². The zero-order valence-electron chi connectivity index (χ0n) is 15.3. The van der Waals surface area contributed by atoms with Gasteiger partial charge in [0.1, 0.15) is 18.0 Å². The molecule has 0 spiro atoms. The third-order valence-electron chi connectivity index (χ3n) is 4.40. The van der Waals surface area contributed by atoms with Gasteiger partial charge in [0.05, 0.1) is 6.54 Å². The second-order valence-electron chi connectivity index (χ2n) is 6.32. The predicted molar refractivity (Wildman–Crippen MR) is 101 cm³/mol. The lowest BCUT2D eigenvalue weighted by Crippen LogP contribution is -2.07. The fourth-order valence-corrected chi connectivity index (χ4v) is 2.95. The first kappa shape index (κ1) is 17.8. The minimum absolute atomic E-state index is 0.0540. The van der Waals surface area contributed by atoms with Crippen LogP contribution in [0, 0.1) is 0 Å². The van der Waals surface area contributed by atoms with Crippen LogP contribution in [0.1, 0.15) is 34.4 Å². The van der Waals surface area contributed by atoms with Crippen LogP contribution in [0.25, 0.3) is 11.0 Å². The monoisotopic (exact) mass is 378 g/mol. The predicted octanol–water partition coefficient (Wildman–Crippen LogP) is 3.55. The third-order valence-corrected chi connectivity index (χ3v) is 4.40. The number of carbonyl (C=O) groups is 1. The Kier molecular flexibility index (Phi) is 4.80. The van der Waals surface area contributed by atoms with Gasteiger partial charge in [0.25, 0.3) is 0 Å². The van der Waals surface area contributed by atoms with E-state index in [-0.39, 0.29) is 12.4 Å². The molecule has 4 aromatic rings. The van der Waals surface area contributed by atoms with E-state index in [4.69, 9.17) is 13.6 Å². The van der Waals surface area contributed by atoms with Gasteiger partial charge in [-0.2, -0.15) is 5.10 Å². The molecule has 0 aliphatic heterocycles. The maximum absolute atomic E-state index is 12.3. The summed E-state index contributed by atoms with van der Waals surface area (Å²) < 4.78 is 17.8. The Hall–Kier alpha value is -3.61. The van der Waals surface area contributed by atoms with Crippen molar-refractivity contribution in [3.63, 3.8) is 0 Å². The molecule has 0 aliphatic rings. The van der Waals surface area contributed by atoms with Crippen molar-refractivity contribution in [3.05, 3.63) is 87.9 Å². The standard InChI is InChI=1S/C21H18N2O5/c1-2-14-4-6-17-15(11-20(24)28-19(17)10-14)13-26-21(25)18-7-5-16(27-18)12-23-9-3-8-22-23/h3-11H,2,12-13H2,1H3. The van der Waals surface area contributed by atoms with Gasteiger partial charge in [-0.05, 0) is 36.2 Å². The van der Waals surface area contributed by atoms with E-state index in [9.17, 15) is 9.59 Å². The Morgan fingerprint density at radius 3 is 2.86 bits per heavy atom. The average molecular weight is 378 g/mol. The maximum atomic E-state index is 12.3. The molecule has 28 heavy (non-hydrogen) atoms. The number of esters is 1. The lowest BCUT2D eigenvalue weighted by molar-refractivity contribution is 0.0435. The van der Waals surface area contributed by atoms with E-state index in [2.05, 4.69) is 5.10 Å². The average Bonchev–Trinajstić information content (AvgIpc) is 3.37. The maximum Gasteiger partial charge on any atom is 0.374 e. The lowest BCUT2D eigenvalue weighted by Gasteiger charge is -2.07. The molecule has 0 N–H and O–H groups in total. The van der Waals surface area contributed by atoms with E-state index in [0.29, 0.717) is 23.5 Å². The van der Waals surface area contributed by atoms with Crippen LogP contribution in [0.3, 0.4) is 0 Å². The summed E-state index contributed by atoms with van der Waals surface area (Å²) in [5.74, 6) is 0.0922. The zero-order chi connectivity index (χ0) is 19.5. The van der Waals surface area contributed by atoms with Crippen molar-refractivity contribution in [2.75, 3.05) is 0 Å². The van der Waals surface area contributed by atoms with Gasteiger partial charge in [0.2, 0.25) is 5.76 Å². The second-order valence-corrected chi connectivity index (χ2v) is 6.32. The van der Waals surface area contributed by atoms with Gasteiger partial charge in [-0.15, -0.1) is 0 Å². The largest absolute Gasteiger partial charge is 0.455 e. The number of hydrogen-bond acceptors (Lipinski definition) is 6. The molecule has 7 heteroatoms.